The summed E-state index contributed by atoms with van der Waals surface area (Å²) in [5, 5.41) is 2.94. The van der Waals surface area contributed by atoms with Gasteiger partial charge in [0.15, 0.2) is 5.76 Å². The van der Waals surface area contributed by atoms with Gasteiger partial charge < -0.3 is 14.6 Å². The Labute approximate surface area is 141 Å². The van der Waals surface area contributed by atoms with Crippen LogP contribution in [-0.4, -0.2) is 18.4 Å². The maximum Gasteiger partial charge on any atom is 0.293 e. The third kappa shape index (κ3) is 3.20. The lowest BCUT2D eigenvalue weighted by Crippen LogP contribution is -2.35. The summed E-state index contributed by atoms with van der Waals surface area (Å²) in [6.45, 7) is 6.31. The first-order valence-corrected chi connectivity index (χ1v) is 8.16. The van der Waals surface area contributed by atoms with E-state index < -0.39 is 5.41 Å². The van der Waals surface area contributed by atoms with Crippen LogP contribution in [0.5, 0.6) is 0 Å². The summed E-state index contributed by atoms with van der Waals surface area (Å²) in [5.74, 6) is 0.183. The Bertz CT molecular complexity index is 757. The summed E-state index contributed by atoms with van der Waals surface area (Å²) >= 11 is 0. The maximum atomic E-state index is 12.6. The summed E-state index contributed by atoms with van der Waals surface area (Å²) < 4.78 is 5.23. The molecule has 2 amide bonds. The third-order valence-electron chi connectivity index (χ3n) is 4.11. The van der Waals surface area contributed by atoms with E-state index >= 15 is 0 Å². The molecule has 1 N–H and O–H groups in total. The van der Waals surface area contributed by atoms with Gasteiger partial charge in [0.25, 0.3) is 5.91 Å². The molecule has 24 heavy (non-hydrogen) atoms. The minimum Gasteiger partial charge on any atom is -0.459 e. The molecule has 5 nitrogen and oxygen atoms in total. The van der Waals surface area contributed by atoms with E-state index in [1.165, 1.54) is 6.26 Å². The first-order chi connectivity index (χ1) is 11.4. The normalized spacial score (nSPS) is 14.2. The highest BCUT2D eigenvalue weighted by molar-refractivity contribution is 6.05. The van der Waals surface area contributed by atoms with Gasteiger partial charge in [-0.2, -0.15) is 0 Å². The number of carbonyl (C=O) groups excluding carboxylic acids is 2. The number of nitrogens with one attached hydrogen (secondary N) is 1. The fraction of sp³-hybridized carbons (Fsp3) is 0.368. The van der Waals surface area contributed by atoms with Crippen molar-refractivity contribution in [2.75, 3.05) is 16.8 Å². The van der Waals surface area contributed by atoms with Gasteiger partial charge in [0, 0.05) is 23.3 Å². The van der Waals surface area contributed by atoms with E-state index in [1.54, 1.807) is 17.0 Å². The molecule has 0 saturated heterocycles. The van der Waals surface area contributed by atoms with Crippen molar-refractivity contribution in [2.24, 2.45) is 5.41 Å². The predicted molar refractivity (Wildman–Crippen MR) is 93.2 cm³/mol. The topological polar surface area (TPSA) is 62.6 Å². The fourth-order valence-electron chi connectivity index (χ4n) is 2.74. The average Bonchev–Trinajstić information content (AvgIpc) is 3.07. The quantitative estimate of drug-likeness (QED) is 0.911. The van der Waals surface area contributed by atoms with E-state index in [9.17, 15) is 9.59 Å². The first-order valence-electron chi connectivity index (χ1n) is 8.16. The second kappa shape index (κ2) is 6.15. The van der Waals surface area contributed by atoms with E-state index in [2.05, 4.69) is 5.32 Å². The van der Waals surface area contributed by atoms with Crippen LogP contribution in [0.1, 0.15) is 43.3 Å². The summed E-state index contributed by atoms with van der Waals surface area (Å²) in [6, 6.07) is 9.09. The van der Waals surface area contributed by atoms with Crippen LogP contribution >= 0.6 is 0 Å². The molecule has 2 aromatic rings. The van der Waals surface area contributed by atoms with Crippen molar-refractivity contribution >= 4 is 23.2 Å². The highest BCUT2D eigenvalue weighted by Gasteiger charge is 2.26. The van der Waals surface area contributed by atoms with Crippen LogP contribution in [0.2, 0.25) is 0 Å². The molecule has 0 radical (unpaired) electrons. The molecule has 0 fully saturated rings. The lowest BCUT2D eigenvalue weighted by molar-refractivity contribution is -0.123. The van der Waals surface area contributed by atoms with Crippen molar-refractivity contribution in [3.63, 3.8) is 0 Å². The SMILES string of the molecule is CC(C)(C)C(=O)Nc1ccc2c(c1)CCCN2C(=O)c1ccco1. The van der Waals surface area contributed by atoms with E-state index in [0.29, 0.717) is 12.3 Å². The standard InChI is InChI=1S/C19H22N2O3/c1-19(2,3)18(23)20-14-8-9-15-13(12-14)6-4-10-21(15)17(22)16-7-5-11-24-16/h5,7-9,11-12H,4,6,10H2,1-3H3,(H,20,23). The lowest BCUT2D eigenvalue weighted by Gasteiger charge is -2.29. The van der Waals surface area contributed by atoms with E-state index in [0.717, 1.165) is 29.8 Å². The van der Waals surface area contributed by atoms with Gasteiger partial charge in [-0.1, -0.05) is 20.8 Å². The molecule has 0 aliphatic carbocycles. The number of hydrogen-bond acceptors (Lipinski definition) is 3. The van der Waals surface area contributed by atoms with Crippen LogP contribution in [0.4, 0.5) is 11.4 Å². The summed E-state index contributed by atoms with van der Waals surface area (Å²) in [4.78, 5) is 26.5. The maximum absolute atomic E-state index is 12.6. The van der Waals surface area contributed by atoms with Crippen LogP contribution in [0, 0.1) is 5.41 Å². The Balaban J connectivity index is 1.85. The predicted octanol–water partition coefficient (Wildman–Crippen LogP) is 3.86. The van der Waals surface area contributed by atoms with Crippen molar-refractivity contribution in [1.82, 2.24) is 0 Å². The number of aryl methyl sites for hydroxylation is 1. The van der Waals surface area contributed by atoms with Gasteiger partial charge in [-0.05, 0) is 48.7 Å². The molecule has 0 atom stereocenters. The van der Waals surface area contributed by atoms with Gasteiger partial charge in [-0.15, -0.1) is 0 Å². The number of rotatable bonds is 2. The number of benzene rings is 1. The van der Waals surface area contributed by atoms with Crippen molar-refractivity contribution < 1.29 is 14.0 Å². The van der Waals surface area contributed by atoms with Crippen LogP contribution in [0.3, 0.4) is 0 Å². The molecular weight excluding hydrogens is 304 g/mol. The monoisotopic (exact) mass is 326 g/mol. The van der Waals surface area contributed by atoms with Gasteiger partial charge in [0.2, 0.25) is 5.91 Å². The van der Waals surface area contributed by atoms with E-state index in [4.69, 9.17) is 4.42 Å². The Morgan fingerprint density at radius 3 is 2.67 bits per heavy atom. The van der Waals surface area contributed by atoms with Crippen LogP contribution in [-0.2, 0) is 11.2 Å². The van der Waals surface area contributed by atoms with Gasteiger partial charge in [0.1, 0.15) is 0 Å². The van der Waals surface area contributed by atoms with E-state index in [1.807, 2.05) is 39.0 Å². The molecule has 0 unspecified atom stereocenters. The molecular formula is C19H22N2O3. The van der Waals surface area contributed by atoms with E-state index in [-0.39, 0.29) is 11.8 Å². The Morgan fingerprint density at radius 2 is 2.00 bits per heavy atom. The Hall–Kier alpha value is -2.56. The van der Waals surface area contributed by atoms with Gasteiger partial charge >= 0.3 is 0 Å². The molecule has 126 valence electrons. The Kier molecular flexibility index (Phi) is 4.18. The smallest absolute Gasteiger partial charge is 0.293 e. The summed E-state index contributed by atoms with van der Waals surface area (Å²) in [6.07, 6.45) is 3.27. The molecule has 1 aliphatic rings. The second-order valence-corrected chi connectivity index (χ2v) is 7.09. The van der Waals surface area contributed by atoms with Crippen LogP contribution in [0.25, 0.3) is 0 Å². The number of nitrogens with zero attached hydrogens (tertiary/aromatic N) is 1. The number of carbonyl (C=O) groups is 2. The molecule has 2 heterocycles. The fourth-order valence-corrected chi connectivity index (χ4v) is 2.74. The number of anilines is 2. The first kappa shape index (κ1) is 16.3. The van der Waals surface area contributed by atoms with Crippen molar-refractivity contribution in [1.29, 1.82) is 0 Å². The molecule has 0 saturated carbocycles. The number of fused-ring (bicyclic) bond motifs is 1. The number of furan rings is 1. The molecule has 1 aromatic carbocycles. The van der Waals surface area contributed by atoms with Gasteiger partial charge in [-0.25, -0.2) is 0 Å². The van der Waals surface area contributed by atoms with Crippen LogP contribution in [0.15, 0.2) is 41.0 Å². The lowest BCUT2D eigenvalue weighted by atomic mass is 9.95. The average molecular weight is 326 g/mol. The highest BCUT2D eigenvalue weighted by atomic mass is 16.3. The Morgan fingerprint density at radius 1 is 1.21 bits per heavy atom. The van der Waals surface area contributed by atoms with Crippen molar-refractivity contribution in [3.8, 4) is 0 Å². The van der Waals surface area contributed by atoms with Crippen LogP contribution < -0.4 is 10.2 Å². The number of hydrogen-bond donors (Lipinski definition) is 1. The zero-order valence-corrected chi connectivity index (χ0v) is 14.3. The highest BCUT2D eigenvalue weighted by Crippen LogP contribution is 2.31. The molecule has 1 aromatic heterocycles. The molecule has 1 aliphatic heterocycles. The molecule has 0 spiro atoms. The minimum absolute atomic E-state index is 0.0261. The summed E-state index contributed by atoms with van der Waals surface area (Å²) in [7, 11) is 0. The van der Waals surface area contributed by atoms with Gasteiger partial charge in [-0.3, -0.25) is 9.59 Å². The zero-order chi connectivity index (χ0) is 17.3. The largest absolute Gasteiger partial charge is 0.459 e. The summed E-state index contributed by atoms with van der Waals surface area (Å²) in [5.41, 5.74) is 2.27. The molecule has 5 heteroatoms. The minimum atomic E-state index is -0.447. The zero-order valence-electron chi connectivity index (χ0n) is 14.3. The van der Waals surface area contributed by atoms with Gasteiger partial charge in [0.05, 0.1) is 6.26 Å². The van der Waals surface area contributed by atoms with Crippen molar-refractivity contribution in [2.45, 2.75) is 33.6 Å². The second-order valence-electron chi connectivity index (χ2n) is 7.09. The molecule has 0 bridgehead atoms. The third-order valence-corrected chi connectivity index (χ3v) is 4.11. The number of amides is 2. The molecule has 3 rings (SSSR count). The van der Waals surface area contributed by atoms with Crippen molar-refractivity contribution in [3.05, 3.63) is 47.9 Å².